The summed E-state index contributed by atoms with van der Waals surface area (Å²) < 4.78 is 5.15. The fourth-order valence-corrected chi connectivity index (χ4v) is 1.95. The molecule has 0 amide bonds. The van der Waals surface area contributed by atoms with Crippen molar-refractivity contribution in [3.8, 4) is 5.75 Å². The molecule has 0 fully saturated rings. The fraction of sp³-hybridized carbons (Fsp3) is 0.600. The highest BCUT2D eigenvalue weighted by atomic mass is 16.5. The molecule has 0 bridgehead atoms. The monoisotopic (exact) mass is 250 g/mol. The molecule has 18 heavy (non-hydrogen) atoms. The Kier molecular flexibility index (Phi) is 6.16. The van der Waals surface area contributed by atoms with Crippen molar-refractivity contribution < 1.29 is 4.74 Å². The number of likely N-dealkylation sites (N-methyl/N-ethyl adjacent to an activating group) is 1. The Morgan fingerprint density at radius 2 is 1.89 bits per heavy atom. The van der Waals surface area contributed by atoms with Crippen LogP contribution in [-0.2, 0) is 6.54 Å². The highest BCUT2D eigenvalue weighted by Gasteiger charge is 2.13. The first-order chi connectivity index (χ1) is 8.56. The van der Waals surface area contributed by atoms with E-state index in [1.54, 1.807) is 7.11 Å². The zero-order chi connectivity index (χ0) is 13.5. The Labute approximate surface area is 111 Å². The number of benzene rings is 1. The van der Waals surface area contributed by atoms with Gasteiger partial charge in [-0.05, 0) is 30.7 Å². The molecule has 1 rings (SSSR count). The molecule has 0 aliphatic carbocycles. The molecule has 0 saturated carbocycles. The minimum atomic E-state index is 0.248. The first kappa shape index (κ1) is 15.0. The lowest BCUT2D eigenvalue weighted by atomic mass is 9.99. The van der Waals surface area contributed by atoms with Gasteiger partial charge in [0.05, 0.1) is 7.11 Å². The van der Waals surface area contributed by atoms with Crippen LogP contribution in [0.3, 0.4) is 0 Å². The molecule has 0 aliphatic heterocycles. The van der Waals surface area contributed by atoms with Crippen LogP contribution in [0.2, 0.25) is 0 Å². The highest BCUT2D eigenvalue weighted by molar-refractivity contribution is 5.27. The summed E-state index contributed by atoms with van der Waals surface area (Å²) in [4.78, 5) is 2.28. The van der Waals surface area contributed by atoms with Crippen LogP contribution < -0.4 is 10.5 Å². The van der Waals surface area contributed by atoms with Crippen LogP contribution in [0.1, 0.15) is 25.8 Å². The second-order valence-electron chi connectivity index (χ2n) is 5.09. The largest absolute Gasteiger partial charge is 0.497 e. The van der Waals surface area contributed by atoms with Crippen molar-refractivity contribution in [3.63, 3.8) is 0 Å². The molecule has 1 aromatic carbocycles. The molecular formula is C15H26N2O. The van der Waals surface area contributed by atoms with E-state index < -0.39 is 0 Å². The van der Waals surface area contributed by atoms with Crippen molar-refractivity contribution in [1.29, 1.82) is 0 Å². The molecule has 102 valence electrons. The van der Waals surface area contributed by atoms with Crippen molar-refractivity contribution >= 4 is 0 Å². The van der Waals surface area contributed by atoms with Gasteiger partial charge in [0.15, 0.2) is 0 Å². The van der Waals surface area contributed by atoms with Gasteiger partial charge < -0.3 is 15.4 Å². The van der Waals surface area contributed by atoms with E-state index in [1.165, 1.54) is 5.56 Å². The standard InChI is InChI=1S/C15H26N2O/c1-5-12(2)15(16)11-17(3)10-13-6-8-14(18-4)9-7-13/h6-9,12,15H,5,10-11,16H2,1-4H3. The predicted octanol–water partition coefficient (Wildman–Crippen LogP) is 2.50. The number of nitrogens with two attached hydrogens (primary N) is 1. The number of hydrogen-bond donors (Lipinski definition) is 1. The number of rotatable bonds is 7. The number of hydrogen-bond acceptors (Lipinski definition) is 3. The van der Waals surface area contributed by atoms with Crippen LogP contribution in [-0.4, -0.2) is 31.6 Å². The van der Waals surface area contributed by atoms with Gasteiger partial charge in [-0.1, -0.05) is 32.4 Å². The Morgan fingerprint density at radius 3 is 2.39 bits per heavy atom. The molecule has 3 heteroatoms. The SMILES string of the molecule is CCC(C)C(N)CN(C)Cc1ccc(OC)cc1. The van der Waals surface area contributed by atoms with Gasteiger partial charge in [-0.3, -0.25) is 0 Å². The van der Waals surface area contributed by atoms with Crippen LogP contribution in [0.15, 0.2) is 24.3 Å². The maximum Gasteiger partial charge on any atom is 0.118 e. The third kappa shape index (κ3) is 4.67. The van der Waals surface area contributed by atoms with Gasteiger partial charge in [0.2, 0.25) is 0 Å². The number of nitrogens with zero attached hydrogens (tertiary/aromatic N) is 1. The Morgan fingerprint density at radius 1 is 1.28 bits per heavy atom. The molecule has 0 saturated heterocycles. The molecule has 2 unspecified atom stereocenters. The molecule has 0 aliphatic rings. The van der Waals surface area contributed by atoms with E-state index in [-0.39, 0.29) is 6.04 Å². The van der Waals surface area contributed by atoms with Crippen LogP contribution in [0, 0.1) is 5.92 Å². The lowest BCUT2D eigenvalue weighted by Crippen LogP contribution is -2.39. The molecule has 2 N–H and O–H groups in total. The molecule has 0 aromatic heterocycles. The van der Waals surface area contributed by atoms with Gasteiger partial charge in [-0.25, -0.2) is 0 Å². The lowest BCUT2D eigenvalue weighted by molar-refractivity contribution is 0.267. The van der Waals surface area contributed by atoms with E-state index in [0.29, 0.717) is 5.92 Å². The molecule has 0 heterocycles. The first-order valence-electron chi connectivity index (χ1n) is 6.63. The van der Waals surface area contributed by atoms with E-state index in [4.69, 9.17) is 10.5 Å². The third-order valence-corrected chi connectivity index (χ3v) is 3.51. The summed E-state index contributed by atoms with van der Waals surface area (Å²) in [5.41, 5.74) is 7.45. The molecule has 0 radical (unpaired) electrons. The van der Waals surface area contributed by atoms with Gasteiger partial charge in [0.25, 0.3) is 0 Å². The zero-order valence-electron chi connectivity index (χ0n) is 12.0. The Hall–Kier alpha value is -1.06. The summed E-state index contributed by atoms with van der Waals surface area (Å²) in [5.74, 6) is 1.47. The molecule has 2 atom stereocenters. The maximum absolute atomic E-state index is 6.17. The van der Waals surface area contributed by atoms with Gasteiger partial charge in [-0.15, -0.1) is 0 Å². The summed E-state index contributed by atoms with van der Waals surface area (Å²) in [6, 6.07) is 8.45. The van der Waals surface area contributed by atoms with Gasteiger partial charge >= 0.3 is 0 Å². The summed E-state index contributed by atoms with van der Waals surface area (Å²) in [5, 5.41) is 0. The first-order valence-corrected chi connectivity index (χ1v) is 6.63. The average Bonchev–Trinajstić information content (AvgIpc) is 2.38. The quantitative estimate of drug-likeness (QED) is 0.808. The highest BCUT2D eigenvalue weighted by Crippen LogP contribution is 2.13. The van der Waals surface area contributed by atoms with Gasteiger partial charge in [0, 0.05) is 19.1 Å². The number of ether oxygens (including phenoxy) is 1. The van der Waals surface area contributed by atoms with E-state index >= 15 is 0 Å². The molecule has 3 nitrogen and oxygen atoms in total. The summed E-state index contributed by atoms with van der Waals surface area (Å²) in [7, 11) is 3.80. The van der Waals surface area contributed by atoms with Crippen molar-refractivity contribution in [1.82, 2.24) is 4.90 Å². The second-order valence-corrected chi connectivity index (χ2v) is 5.09. The van der Waals surface area contributed by atoms with Crippen LogP contribution >= 0.6 is 0 Å². The van der Waals surface area contributed by atoms with E-state index in [1.807, 2.05) is 12.1 Å². The normalized spacial score (nSPS) is 14.6. The minimum Gasteiger partial charge on any atom is -0.497 e. The lowest BCUT2D eigenvalue weighted by Gasteiger charge is -2.25. The van der Waals surface area contributed by atoms with Gasteiger partial charge in [-0.2, -0.15) is 0 Å². The van der Waals surface area contributed by atoms with Crippen LogP contribution in [0.4, 0.5) is 0 Å². The van der Waals surface area contributed by atoms with Crippen molar-refractivity contribution in [2.24, 2.45) is 11.7 Å². The molecule has 1 aromatic rings. The zero-order valence-corrected chi connectivity index (χ0v) is 12.0. The van der Waals surface area contributed by atoms with Crippen molar-refractivity contribution in [2.75, 3.05) is 20.7 Å². The average molecular weight is 250 g/mol. The third-order valence-electron chi connectivity index (χ3n) is 3.51. The maximum atomic E-state index is 6.17. The Bertz CT molecular complexity index is 337. The number of methoxy groups -OCH3 is 1. The molecular weight excluding hydrogens is 224 g/mol. The van der Waals surface area contributed by atoms with Crippen LogP contribution in [0.5, 0.6) is 5.75 Å². The predicted molar refractivity (Wildman–Crippen MR) is 76.8 cm³/mol. The fourth-order valence-electron chi connectivity index (χ4n) is 1.95. The van der Waals surface area contributed by atoms with Gasteiger partial charge in [0.1, 0.15) is 5.75 Å². The Balaban J connectivity index is 2.45. The summed E-state index contributed by atoms with van der Waals surface area (Å²) in [6.45, 7) is 6.26. The smallest absolute Gasteiger partial charge is 0.118 e. The minimum absolute atomic E-state index is 0.248. The van der Waals surface area contributed by atoms with E-state index in [9.17, 15) is 0 Å². The van der Waals surface area contributed by atoms with E-state index in [2.05, 4.69) is 37.9 Å². The van der Waals surface area contributed by atoms with Crippen molar-refractivity contribution in [3.05, 3.63) is 29.8 Å². The van der Waals surface area contributed by atoms with E-state index in [0.717, 1.165) is 25.3 Å². The molecule has 0 spiro atoms. The summed E-state index contributed by atoms with van der Waals surface area (Å²) in [6.07, 6.45) is 1.14. The second kappa shape index (κ2) is 7.39. The summed E-state index contributed by atoms with van der Waals surface area (Å²) >= 11 is 0. The van der Waals surface area contributed by atoms with Crippen LogP contribution in [0.25, 0.3) is 0 Å². The van der Waals surface area contributed by atoms with Crippen molar-refractivity contribution in [2.45, 2.75) is 32.9 Å². The topological polar surface area (TPSA) is 38.5 Å².